The fourth-order valence-corrected chi connectivity index (χ4v) is 3.79. The minimum atomic E-state index is 0. The van der Waals surface area contributed by atoms with Crippen LogP contribution in [0.3, 0.4) is 0 Å². The van der Waals surface area contributed by atoms with Gasteiger partial charge in [-0.25, -0.2) is 9.67 Å². The summed E-state index contributed by atoms with van der Waals surface area (Å²) in [7, 11) is 1.71. The number of rotatable bonds is 9. The molecule has 9 heteroatoms. The SMILES string of the molecule is CCNC(=NCc1ccccc1-n1nc(C)cc1C)NCc1c(C)nn(CCOC)c1C.I. The second-order valence-electron chi connectivity index (χ2n) is 7.88. The zero-order valence-corrected chi connectivity index (χ0v) is 22.8. The standard InChI is InChI=1S/C24H35N7O.HI/c1-7-25-24(27-16-22-19(4)29-30(20(22)5)12-13-32-6)26-15-21-10-8-9-11-23(21)31-18(3)14-17(2)28-31;/h8-11,14H,7,12-13,15-16H2,1-6H3,(H2,25,26,27);1H. The van der Waals surface area contributed by atoms with Gasteiger partial charge in [-0.2, -0.15) is 10.2 Å². The van der Waals surface area contributed by atoms with Crippen molar-refractivity contribution < 1.29 is 4.74 Å². The van der Waals surface area contributed by atoms with Crippen molar-refractivity contribution in [1.82, 2.24) is 30.2 Å². The van der Waals surface area contributed by atoms with Crippen molar-refractivity contribution in [3.63, 3.8) is 0 Å². The Labute approximate surface area is 213 Å². The van der Waals surface area contributed by atoms with Gasteiger partial charge in [0.05, 0.1) is 36.8 Å². The van der Waals surface area contributed by atoms with Gasteiger partial charge in [-0.3, -0.25) is 4.68 Å². The van der Waals surface area contributed by atoms with Crippen molar-refractivity contribution in [1.29, 1.82) is 0 Å². The monoisotopic (exact) mass is 565 g/mol. The fourth-order valence-electron chi connectivity index (χ4n) is 3.79. The Bertz CT molecular complexity index is 1070. The lowest BCUT2D eigenvalue weighted by Gasteiger charge is -2.13. The number of aromatic nitrogens is 4. The van der Waals surface area contributed by atoms with Crippen LogP contribution in [-0.4, -0.2) is 45.8 Å². The molecule has 0 radical (unpaired) electrons. The third-order valence-electron chi connectivity index (χ3n) is 5.45. The normalized spacial score (nSPS) is 11.4. The maximum absolute atomic E-state index is 5.19. The van der Waals surface area contributed by atoms with E-state index in [4.69, 9.17) is 9.73 Å². The molecule has 0 unspecified atom stereocenters. The van der Waals surface area contributed by atoms with E-state index < -0.39 is 0 Å². The third kappa shape index (κ3) is 6.80. The van der Waals surface area contributed by atoms with Crippen LogP contribution >= 0.6 is 24.0 Å². The molecule has 33 heavy (non-hydrogen) atoms. The van der Waals surface area contributed by atoms with E-state index in [2.05, 4.69) is 59.8 Å². The number of guanidine groups is 1. The summed E-state index contributed by atoms with van der Waals surface area (Å²) in [5.41, 5.74) is 7.66. The molecular weight excluding hydrogens is 529 g/mol. The molecule has 0 saturated carbocycles. The molecule has 0 aliphatic heterocycles. The Kier molecular flexibility index (Phi) is 10.4. The predicted molar refractivity (Wildman–Crippen MR) is 144 cm³/mol. The number of benzene rings is 1. The lowest BCUT2D eigenvalue weighted by Crippen LogP contribution is -2.37. The second-order valence-corrected chi connectivity index (χ2v) is 7.88. The molecule has 0 atom stereocenters. The first kappa shape index (κ1) is 26.8. The molecule has 2 aromatic heterocycles. The molecular formula is C24H36IN7O. The van der Waals surface area contributed by atoms with E-state index in [9.17, 15) is 0 Å². The zero-order chi connectivity index (χ0) is 23.1. The number of aliphatic imine (C=N–C) groups is 1. The van der Waals surface area contributed by atoms with E-state index in [0.717, 1.165) is 53.1 Å². The van der Waals surface area contributed by atoms with Gasteiger partial charge < -0.3 is 15.4 Å². The van der Waals surface area contributed by atoms with Crippen LogP contribution < -0.4 is 10.6 Å². The predicted octanol–water partition coefficient (Wildman–Crippen LogP) is 3.82. The largest absolute Gasteiger partial charge is 0.383 e. The number of nitrogens with one attached hydrogen (secondary N) is 2. The van der Waals surface area contributed by atoms with Gasteiger partial charge in [0, 0.05) is 37.2 Å². The van der Waals surface area contributed by atoms with Gasteiger partial charge in [0.25, 0.3) is 0 Å². The molecule has 3 rings (SSSR count). The van der Waals surface area contributed by atoms with E-state index in [1.165, 1.54) is 5.56 Å². The van der Waals surface area contributed by atoms with Gasteiger partial charge in [-0.15, -0.1) is 24.0 Å². The zero-order valence-electron chi connectivity index (χ0n) is 20.5. The Morgan fingerprint density at radius 3 is 2.52 bits per heavy atom. The van der Waals surface area contributed by atoms with Crippen molar-refractivity contribution in [3.8, 4) is 5.69 Å². The van der Waals surface area contributed by atoms with Crippen LogP contribution in [0.25, 0.3) is 5.69 Å². The minimum absolute atomic E-state index is 0. The van der Waals surface area contributed by atoms with Crippen molar-refractivity contribution in [2.45, 2.75) is 54.3 Å². The van der Waals surface area contributed by atoms with E-state index >= 15 is 0 Å². The smallest absolute Gasteiger partial charge is 0.191 e. The quantitative estimate of drug-likeness (QED) is 0.234. The van der Waals surface area contributed by atoms with Crippen molar-refractivity contribution >= 4 is 29.9 Å². The molecule has 180 valence electrons. The van der Waals surface area contributed by atoms with Gasteiger partial charge in [0.2, 0.25) is 0 Å². The number of aryl methyl sites for hydroxylation is 3. The molecule has 1 aromatic carbocycles. The molecule has 0 aliphatic carbocycles. The summed E-state index contributed by atoms with van der Waals surface area (Å²) in [4.78, 5) is 4.84. The van der Waals surface area contributed by atoms with Crippen LogP contribution in [0.4, 0.5) is 0 Å². The van der Waals surface area contributed by atoms with Crippen molar-refractivity contribution in [3.05, 3.63) is 64.2 Å². The molecule has 0 bridgehead atoms. The summed E-state index contributed by atoms with van der Waals surface area (Å²) >= 11 is 0. The van der Waals surface area contributed by atoms with Gasteiger partial charge in [0.15, 0.2) is 5.96 Å². The fraction of sp³-hybridized carbons (Fsp3) is 0.458. The number of halogens is 1. The maximum atomic E-state index is 5.19. The van der Waals surface area contributed by atoms with Gasteiger partial charge in [0.1, 0.15) is 0 Å². The van der Waals surface area contributed by atoms with Gasteiger partial charge >= 0.3 is 0 Å². The topological polar surface area (TPSA) is 81.3 Å². The molecule has 2 heterocycles. The summed E-state index contributed by atoms with van der Waals surface area (Å²) in [5, 5.41) is 16.1. The van der Waals surface area contributed by atoms with E-state index in [1.807, 2.05) is 35.3 Å². The second kappa shape index (κ2) is 12.7. The summed E-state index contributed by atoms with van der Waals surface area (Å²) in [6.07, 6.45) is 0. The van der Waals surface area contributed by atoms with E-state index in [0.29, 0.717) is 19.7 Å². The maximum Gasteiger partial charge on any atom is 0.191 e. The Morgan fingerprint density at radius 1 is 1.09 bits per heavy atom. The number of nitrogens with zero attached hydrogens (tertiary/aromatic N) is 5. The lowest BCUT2D eigenvalue weighted by molar-refractivity contribution is 0.182. The van der Waals surface area contributed by atoms with Crippen molar-refractivity contribution in [2.75, 3.05) is 20.3 Å². The third-order valence-corrected chi connectivity index (χ3v) is 5.45. The highest BCUT2D eigenvalue weighted by molar-refractivity contribution is 14.0. The summed E-state index contributed by atoms with van der Waals surface area (Å²) in [6, 6.07) is 10.4. The number of methoxy groups -OCH3 is 1. The van der Waals surface area contributed by atoms with Gasteiger partial charge in [-0.1, -0.05) is 18.2 Å². The molecule has 0 amide bonds. The van der Waals surface area contributed by atoms with Crippen LogP contribution in [0.1, 0.15) is 40.8 Å². The van der Waals surface area contributed by atoms with Crippen LogP contribution in [0.2, 0.25) is 0 Å². The first-order chi connectivity index (χ1) is 15.4. The average molecular weight is 566 g/mol. The van der Waals surface area contributed by atoms with Crippen LogP contribution in [-0.2, 0) is 24.4 Å². The van der Waals surface area contributed by atoms with E-state index in [-0.39, 0.29) is 24.0 Å². The lowest BCUT2D eigenvalue weighted by atomic mass is 10.2. The average Bonchev–Trinajstić information content (AvgIpc) is 3.25. The first-order valence-corrected chi connectivity index (χ1v) is 11.1. The Balaban J connectivity index is 0.00000385. The molecule has 0 saturated heterocycles. The summed E-state index contributed by atoms with van der Waals surface area (Å²) < 4.78 is 9.18. The van der Waals surface area contributed by atoms with Crippen LogP contribution in [0.5, 0.6) is 0 Å². The minimum Gasteiger partial charge on any atom is -0.383 e. The Hall–Kier alpha value is -2.40. The number of hydrogen-bond acceptors (Lipinski definition) is 4. The van der Waals surface area contributed by atoms with E-state index in [1.54, 1.807) is 7.11 Å². The number of ether oxygens (including phenoxy) is 1. The molecule has 8 nitrogen and oxygen atoms in total. The highest BCUT2D eigenvalue weighted by Gasteiger charge is 2.12. The summed E-state index contributed by atoms with van der Waals surface area (Å²) in [5.74, 6) is 0.777. The number of para-hydroxylation sites is 1. The highest BCUT2D eigenvalue weighted by atomic mass is 127. The molecule has 0 aliphatic rings. The van der Waals surface area contributed by atoms with Crippen LogP contribution in [0.15, 0.2) is 35.3 Å². The molecule has 2 N–H and O–H groups in total. The van der Waals surface area contributed by atoms with Crippen molar-refractivity contribution in [2.24, 2.45) is 4.99 Å². The molecule has 3 aromatic rings. The highest BCUT2D eigenvalue weighted by Crippen LogP contribution is 2.18. The molecule has 0 spiro atoms. The number of hydrogen-bond donors (Lipinski definition) is 2. The Morgan fingerprint density at radius 2 is 1.85 bits per heavy atom. The molecule has 0 fully saturated rings. The summed E-state index contributed by atoms with van der Waals surface area (Å²) in [6.45, 7) is 13.7. The first-order valence-electron chi connectivity index (χ1n) is 11.1. The van der Waals surface area contributed by atoms with Crippen LogP contribution in [0, 0.1) is 27.7 Å². The van der Waals surface area contributed by atoms with Gasteiger partial charge in [-0.05, 0) is 52.3 Å².